The van der Waals surface area contributed by atoms with E-state index in [1.165, 1.54) is 0 Å². The van der Waals surface area contributed by atoms with Crippen LogP contribution in [0, 0.1) is 9.54 Å². The number of H-pyrrole nitrogens is 2. The lowest BCUT2D eigenvalue weighted by Gasteiger charge is -1.98. The van der Waals surface area contributed by atoms with Crippen molar-refractivity contribution in [3.63, 3.8) is 0 Å². The van der Waals surface area contributed by atoms with Crippen molar-refractivity contribution in [2.24, 2.45) is 0 Å². The molecule has 2 aromatic carbocycles. The standard InChI is InChI=1S/C8H7N3S2.C7H6O2/c12-7-9-10-8(13)11(7)6-4-2-1-3-5-6;8-7(9)6-4-2-1-3-5-6/h1-5H,(H,9,12)(H,10,13);1-5H,(H,8,9). The third-order valence-corrected chi connectivity index (χ3v) is 3.29. The van der Waals surface area contributed by atoms with Gasteiger partial charge in [-0.15, -0.1) is 0 Å². The molecule has 1 heterocycles. The van der Waals surface area contributed by atoms with E-state index >= 15 is 0 Å². The molecule has 0 aliphatic carbocycles. The lowest BCUT2D eigenvalue weighted by atomic mass is 10.2. The van der Waals surface area contributed by atoms with Crippen LogP contribution in [0.2, 0.25) is 0 Å². The third kappa shape index (κ3) is 4.00. The average Bonchev–Trinajstić information content (AvgIpc) is 2.88. The number of hydrogen-bond donors (Lipinski definition) is 3. The summed E-state index contributed by atoms with van der Waals surface area (Å²) in [7, 11) is 0. The van der Waals surface area contributed by atoms with Crippen molar-refractivity contribution in [3.8, 4) is 5.69 Å². The first-order valence-corrected chi connectivity index (χ1v) is 7.14. The Bertz CT molecular complexity index is 824. The van der Waals surface area contributed by atoms with Crippen molar-refractivity contribution in [3.05, 3.63) is 75.8 Å². The predicted octanol–water partition coefficient (Wildman–Crippen LogP) is 3.98. The molecule has 3 aromatic rings. The van der Waals surface area contributed by atoms with E-state index < -0.39 is 5.97 Å². The third-order valence-electron chi connectivity index (χ3n) is 2.72. The number of carboxylic acids is 1. The first-order valence-electron chi connectivity index (χ1n) is 6.33. The summed E-state index contributed by atoms with van der Waals surface area (Å²) >= 11 is 10.1. The smallest absolute Gasteiger partial charge is 0.335 e. The van der Waals surface area contributed by atoms with Gasteiger partial charge in [-0.2, -0.15) is 0 Å². The van der Waals surface area contributed by atoms with Gasteiger partial charge in [-0.25, -0.2) is 4.79 Å². The summed E-state index contributed by atoms with van der Waals surface area (Å²) in [5, 5.41) is 14.0. The highest BCUT2D eigenvalue weighted by molar-refractivity contribution is 7.72. The summed E-state index contributed by atoms with van der Waals surface area (Å²) < 4.78 is 2.93. The van der Waals surface area contributed by atoms with Gasteiger partial charge in [0.15, 0.2) is 9.54 Å². The van der Waals surface area contributed by atoms with Gasteiger partial charge in [0, 0.05) is 0 Å². The normalized spacial score (nSPS) is 9.64. The van der Waals surface area contributed by atoms with E-state index in [0.29, 0.717) is 15.1 Å². The van der Waals surface area contributed by atoms with Gasteiger partial charge >= 0.3 is 5.97 Å². The molecule has 5 nitrogen and oxygen atoms in total. The van der Waals surface area contributed by atoms with Gasteiger partial charge in [-0.1, -0.05) is 36.4 Å². The molecular formula is C15H13N3O2S2. The Labute approximate surface area is 136 Å². The number of nitrogens with one attached hydrogen (secondary N) is 2. The van der Waals surface area contributed by atoms with Crippen molar-refractivity contribution < 1.29 is 9.90 Å². The molecule has 0 fully saturated rings. The van der Waals surface area contributed by atoms with Gasteiger partial charge in [-0.3, -0.25) is 14.8 Å². The highest BCUT2D eigenvalue weighted by Crippen LogP contribution is 2.07. The van der Waals surface area contributed by atoms with E-state index in [1.54, 1.807) is 34.9 Å². The second-order valence-electron chi connectivity index (χ2n) is 4.20. The van der Waals surface area contributed by atoms with E-state index in [-0.39, 0.29) is 0 Å². The summed E-state index contributed by atoms with van der Waals surface area (Å²) in [5.41, 5.74) is 1.30. The number of hydrogen-bond acceptors (Lipinski definition) is 3. The van der Waals surface area contributed by atoms with Gasteiger partial charge < -0.3 is 5.11 Å². The molecule has 0 atom stereocenters. The molecule has 3 rings (SSSR count). The van der Waals surface area contributed by atoms with Crippen molar-refractivity contribution in [2.75, 3.05) is 0 Å². The van der Waals surface area contributed by atoms with Crippen LogP contribution >= 0.6 is 24.4 Å². The van der Waals surface area contributed by atoms with Crippen LogP contribution in [0.1, 0.15) is 10.4 Å². The fourth-order valence-corrected chi connectivity index (χ4v) is 2.26. The predicted molar refractivity (Wildman–Crippen MR) is 89.5 cm³/mol. The molecule has 0 spiro atoms. The highest BCUT2D eigenvalue weighted by Gasteiger charge is 1.98. The van der Waals surface area contributed by atoms with Crippen LogP contribution in [0.25, 0.3) is 5.69 Å². The maximum atomic E-state index is 10.2. The average molecular weight is 331 g/mol. The van der Waals surface area contributed by atoms with E-state index in [2.05, 4.69) is 10.2 Å². The number of carbonyl (C=O) groups is 1. The van der Waals surface area contributed by atoms with Crippen LogP contribution in [0.15, 0.2) is 60.7 Å². The Morgan fingerprint density at radius 1 is 0.864 bits per heavy atom. The molecule has 0 saturated heterocycles. The molecule has 0 amide bonds. The minimum absolute atomic E-state index is 0.331. The number of para-hydroxylation sites is 1. The van der Waals surface area contributed by atoms with Gasteiger partial charge in [-0.05, 0) is 48.7 Å². The number of nitrogens with zero attached hydrogens (tertiary/aromatic N) is 1. The largest absolute Gasteiger partial charge is 0.478 e. The Kier molecular flexibility index (Phi) is 5.40. The number of aromatic amines is 2. The highest BCUT2D eigenvalue weighted by atomic mass is 32.1. The monoisotopic (exact) mass is 331 g/mol. The number of carboxylic acid groups (broad SMARTS) is 1. The molecule has 3 N–H and O–H groups in total. The van der Waals surface area contributed by atoms with Gasteiger partial charge in [0.1, 0.15) is 0 Å². The SMILES string of the molecule is O=C(O)c1ccccc1.S=c1[nH][nH]c(=S)n1-c1ccccc1. The number of rotatable bonds is 2. The maximum absolute atomic E-state index is 10.2. The van der Waals surface area contributed by atoms with Crippen LogP contribution in [0.4, 0.5) is 0 Å². The lowest BCUT2D eigenvalue weighted by Crippen LogP contribution is -1.93. The first-order chi connectivity index (χ1) is 10.6. The van der Waals surface area contributed by atoms with Crippen LogP contribution in [0.3, 0.4) is 0 Å². The first kappa shape index (κ1) is 15.9. The van der Waals surface area contributed by atoms with Crippen molar-refractivity contribution >= 4 is 30.4 Å². The van der Waals surface area contributed by atoms with E-state index in [9.17, 15) is 4.79 Å². The maximum Gasteiger partial charge on any atom is 0.335 e. The Morgan fingerprint density at radius 2 is 1.32 bits per heavy atom. The minimum Gasteiger partial charge on any atom is -0.478 e. The Morgan fingerprint density at radius 3 is 1.73 bits per heavy atom. The fraction of sp³-hybridized carbons (Fsp3) is 0. The molecule has 1 aromatic heterocycles. The molecule has 22 heavy (non-hydrogen) atoms. The number of aromatic nitrogens is 3. The van der Waals surface area contributed by atoms with Crippen molar-refractivity contribution in [1.82, 2.24) is 14.8 Å². The second kappa shape index (κ2) is 7.48. The minimum atomic E-state index is -0.879. The van der Waals surface area contributed by atoms with E-state index in [0.717, 1.165) is 5.69 Å². The van der Waals surface area contributed by atoms with Gasteiger partial charge in [0.2, 0.25) is 0 Å². The molecule has 0 bridgehead atoms. The number of aromatic carboxylic acids is 1. The van der Waals surface area contributed by atoms with Gasteiger partial charge in [0.25, 0.3) is 0 Å². The zero-order valence-electron chi connectivity index (χ0n) is 11.4. The molecule has 0 unspecified atom stereocenters. The lowest BCUT2D eigenvalue weighted by molar-refractivity contribution is 0.0697. The molecule has 0 saturated carbocycles. The summed E-state index contributed by atoms with van der Waals surface area (Å²) in [6, 6.07) is 18.0. The van der Waals surface area contributed by atoms with E-state index in [1.807, 2.05) is 30.3 Å². The summed E-state index contributed by atoms with van der Waals surface area (Å²) in [4.78, 5) is 10.2. The van der Waals surface area contributed by atoms with Gasteiger partial charge in [0.05, 0.1) is 11.3 Å². The summed E-state index contributed by atoms with van der Waals surface area (Å²) in [6.45, 7) is 0. The summed E-state index contributed by atoms with van der Waals surface area (Å²) in [6.07, 6.45) is 0. The Hall–Kier alpha value is -2.51. The summed E-state index contributed by atoms with van der Waals surface area (Å²) in [5.74, 6) is -0.879. The molecule has 0 aliphatic heterocycles. The molecule has 7 heteroatoms. The number of benzene rings is 2. The zero-order valence-corrected chi connectivity index (χ0v) is 13.0. The molecular weight excluding hydrogens is 318 g/mol. The molecule has 112 valence electrons. The quantitative estimate of drug-likeness (QED) is 0.621. The fourth-order valence-electron chi connectivity index (χ4n) is 1.70. The van der Waals surface area contributed by atoms with Crippen LogP contribution < -0.4 is 0 Å². The second-order valence-corrected chi connectivity index (χ2v) is 4.98. The molecule has 0 radical (unpaired) electrons. The molecule has 0 aliphatic rings. The van der Waals surface area contributed by atoms with Crippen LogP contribution in [-0.2, 0) is 0 Å². The van der Waals surface area contributed by atoms with E-state index in [4.69, 9.17) is 29.5 Å². The zero-order chi connectivity index (χ0) is 15.9. The Balaban J connectivity index is 0.000000172. The van der Waals surface area contributed by atoms with Crippen LogP contribution in [0.5, 0.6) is 0 Å². The van der Waals surface area contributed by atoms with Crippen molar-refractivity contribution in [1.29, 1.82) is 0 Å². The topological polar surface area (TPSA) is 73.8 Å². The van der Waals surface area contributed by atoms with Crippen molar-refractivity contribution in [2.45, 2.75) is 0 Å². The van der Waals surface area contributed by atoms with Crippen LogP contribution in [-0.4, -0.2) is 25.8 Å².